The second kappa shape index (κ2) is 3.61. The summed E-state index contributed by atoms with van der Waals surface area (Å²) in [7, 11) is 1.45. The molecule has 15 heavy (non-hydrogen) atoms. The highest BCUT2D eigenvalue weighted by atomic mass is 16.2. The standard InChI is InChI=1S/C10H11N3O2/c1-12-9(14)11-13(10(12)15)7-8-5-3-2-4-6-8/h2-6H,7H2,1H3,(H,11,14). The Kier molecular flexibility index (Phi) is 2.29. The molecule has 0 fully saturated rings. The van der Waals surface area contributed by atoms with E-state index >= 15 is 0 Å². The van der Waals surface area contributed by atoms with E-state index in [9.17, 15) is 9.59 Å². The number of nitrogens with one attached hydrogen (secondary N) is 1. The first kappa shape index (κ1) is 9.51. The van der Waals surface area contributed by atoms with Crippen molar-refractivity contribution in [1.29, 1.82) is 0 Å². The summed E-state index contributed by atoms with van der Waals surface area (Å²) >= 11 is 0. The van der Waals surface area contributed by atoms with Gasteiger partial charge in [-0.15, -0.1) is 0 Å². The topological polar surface area (TPSA) is 59.8 Å². The van der Waals surface area contributed by atoms with Gasteiger partial charge in [-0.05, 0) is 5.56 Å². The SMILES string of the molecule is Cn1c(=O)[nH]n(Cc2ccccc2)c1=O. The minimum absolute atomic E-state index is 0.330. The highest BCUT2D eigenvalue weighted by Crippen LogP contribution is 1.98. The summed E-state index contributed by atoms with van der Waals surface area (Å²) in [5.74, 6) is 0. The number of hydrogen-bond acceptors (Lipinski definition) is 2. The van der Waals surface area contributed by atoms with Crippen LogP contribution in [0.3, 0.4) is 0 Å². The van der Waals surface area contributed by atoms with Gasteiger partial charge in [0.2, 0.25) is 0 Å². The van der Waals surface area contributed by atoms with E-state index in [0.29, 0.717) is 6.54 Å². The molecule has 1 aromatic carbocycles. The lowest BCUT2D eigenvalue weighted by atomic mass is 10.2. The Morgan fingerprint density at radius 2 is 1.87 bits per heavy atom. The molecule has 2 aromatic rings. The summed E-state index contributed by atoms with van der Waals surface area (Å²) in [6.45, 7) is 0.385. The third-order valence-electron chi connectivity index (χ3n) is 2.24. The molecule has 5 nitrogen and oxygen atoms in total. The fraction of sp³-hybridized carbons (Fsp3) is 0.200. The number of H-pyrrole nitrogens is 1. The van der Waals surface area contributed by atoms with E-state index in [0.717, 1.165) is 10.1 Å². The van der Waals surface area contributed by atoms with Gasteiger partial charge in [0.05, 0.1) is 6.54 Å². The van der Waals surface area contributed by atoms with Gasteiger partial charge in [-0.3, -0.25) is 0 Å². The van der Waals surface area contributed by atoms with Crippen molar-refractivity contribution in [2.24, 2.45) is 7.05 Å². The van der Waals surface area contributed by atoms with Crippen LogP contribution in [0.25, 0.3) is 0 Å². The number of hydrogen-bond donors (Lipinski definition) is 1. The number of aromatic nitrogens is 3. The van der Waals surface area contributed by atoms with E-state index in [4.69, 9.17) is 0 Å². The van der Waals surface area contributed by atoms with Crippen molar-refractivity contribution in [1.82, 2.24) is 14.3 Å². The lowest BCUT2D eigenvalue weighted by Gasteiger charge is -1.99. The Labute approximate surface area is 85.6 Å². The van der Waals surface area contributed by atoms with Crippen molar-refractivity contribution in [3.05, 3.63) is 56.9 Å². The predicted molar refractivity (Wildman–Crippen MR) is 55.8 cm³/mol. The van der Waals surface area contributed by atoms with Crippen molar-refractivity contribution in [3.63, 3.8) is 0 Å². The predicted octanol–water partition coefficient (Wildman–Crippen LogP) is -0.0766. The van der Waals surface area contributed by atoms with Crippen LogP contribution in [-0.2, 0) is 13.6 Å². The van der Waals surface area contributed by atoms with Crippen LogP contribution in [0.2, 0.25) is 0 Å². The Bertz CT molecular complexity index is 562. The first-order valence-electron chi connectivity index (χ1n) is 4.58. The normalized spacial score (nSPS) is 10.5. The zero-order chi connectivity index (χ0) is 10.8. The zero-order valence-corrected chi connectivity index (χ0v) is 8.30. The second-order valence-electron chi connectivity index (χ2n) is 3.33. The Hall–Kier alpha value is -2.04. The summed E-state index contributed by atoms with van der Waals surface area (Å²) in [6, 6.07) is 9.48. The zero-order valence-electron chi connectivity index (χ0n) is 8.30. The molecule has 0 spiro atoms. The first-order valence-corrected chi connectivity index (χ1v) is 4.58. The Balaban J connectivity index is 2.38. The van der Waals surface area contributed by atoms with Crippen molar-refractivity contribution in [3.8, 4) is 0 Å². The molecule has 0 amide bonds. The van der Waals surface area contributed by atoms with Gasteiger partial charge in [-0.1, -0.05) is 30.3 Å². The monoisotopic (exact) mass is 205 g/mol. The van der Waals surface area contributed by atoms with Gasteiger partial charge in [0, 0.05) is 7.05 Å². The average Bonchev–Trinajstić information content (AvgIpc) is 2.48. The molecule has 1 heterocycles. The number of rotatable bonds is 2. The summed E-state index contributed by atoms with van der Waals surface area (Å²) in [5.41, 5.74) is 0.251. The van der Waals surface area contributed by atoms with Gasteiger partial charge >= 0.3 is 11.4 Å². The highest BCUT2D eigenvalue weighted by molar-refractivity contribution is 5.14. The largest absolute Gasteiger partial charge is 0.346 e. The minimum atomic E-state index is -0.393. The van der Waals surface area contributed by atoms with Crippen LogP contribution < -0.4 is 11.4 Å². The summed E-state index contributed by atoms with van der Waals surface area (Å²) < 4.78 is 2.33. The van der Waals surface area contributed by atoms with Gasteiger partial charge in [0.1, 0.15) is 0 Å². The molecule has 78 valence electrons. The van der Waals surface area contributed by atoms with Gasteiger partial charge in [-0.2, -0.15) is 0 Å². The van der Waals surface area contributed by atoms with E-state index in [1.165, 1.54) is 11.7 Å². The Morgan fingerprint density at radius 3 is 2.40 bits per heavy atom. The molecule has 0 saturated heterocycles. The van der Waals surface area contributed by atoms with Crippen LogP contribution in [0.1, 0.15) is 5.56 Å². The van der Waals surface area contributed by atoms with Gasteiger partial charge in [0.15, 0.2) is 0 Å². The molecule has 0 radical (unpaired) electrons. The molecule has 1 N–H and O–H groups in total. The van der Waals surface area contributed by atoms with Gasteiger partial charge in [0.25, 0.3) is 0 Å². The molecule has 0 unspecified atom stereocenters. The minimum Gasteiger partial charge on any atom is -0.246 e. The molecule has 0 saturated carbocycles. The van der Waals surface area contributed by atoms with Crippen molar-refractivity contribution < 1.29 is 0 Å². The van der Waals surface area contributed by atoms with Crippen LogP contribution in [0.5, 0.6) is 0 Å². The van der Waals surface area contributed by atoms with Crippen LogP contribution in [-0.4, -0.2) is 14.3 Å². The highest BCUT2D eigenvalue weighted by Gasteiger charge is 2.04. The smallest absolute Gasteiger partial charge is 0.246 e. The fourth-order valence-corrected chi connectivity index (χ4v) is 1.38. The van der Waals surface area contributed by atoms with Crippen LogP contribution in [0.4, 0.5) is 0 Å². The van der Waals surface area contributed by atoms with E-state index in [-0.39, 0.29) is 5.69 Å². The third kappa shape index (κ3) is 1.76. The van der Waals surface area contributed by atoms with Crippen molar-refractivity contribution in [2.45, 2.75) is 6.54 Å². The Morgan fingerprint density at radius 1 is 1.20 bits per heavy atom. The molecule has 0 bridgehead atoms. The fourth-order valence-electron chi connectivity index (χ4n) is 1.38. The van der Waals surface area contributed by atoms with E-state index in [1.807, 2.05) is 30.3 Å². The number of aromatic amines is 1. The molecule has 2 rings (SSSR count). The average molecular weight is 205 g/mol. The maximum absolute atomic E-state index is 11.5. The summed E-state index contributed by atoms with van der Waals surface area (Å²) in [5, 5.41) is 2.47. The van der Waals surface area contributed by atoms with Crippen LogP contribution in [0.15, 0.2) is 39.9 Å². The lowest BCUT2D eigenvalue weighted by molar-refractivity contribution is 0.645. The lowest BCUT2D eigenvalue weighted by Crippen LogP contribution is -2.26. The second-order valence-corrected chi connectivity index (χ2v) is 3.33. The summed E-state index contributed by atoms with van der Waals surface area (Å²) in [4.78, 5) is 22.6. The van der Waals surface area contributed by atoms with Gasteiger partial charge < -0.3 is 0 Å². The molecule has 0 aliphatic rings. The number of nitrogens with zero attached hydrogens (tertiary/aromatic N) is 2. The maximum atomic E-state index is 11.5. The van der Waals surface area contributed by atoms with E-state index in [2.05, 4.69) is 5.10 Å². The van der Waals surface area contributed by atoms with E-state index in [1.54, 1.807) is 0 Å². The molecule has 0 atom stereocenters. The maximum Gasteiger partial charge on any atom is 0.346 e. The van der Waals surface area contributed by atoms with Crippen molar-refractivity contribution >= 4 is 0 Å². The van der Waals surface area contributed by atoms with Crippen LogP contribution in [0, 0.1) is 0 Å². The molecular weight excluding hydrogens is 194 g/mol. The van der Waals surface area contributed by atoms with Crippen molar-refractivity contribution in [2.75, 3.05) is 0 Å². The van der Waals surface area contributed by atoms with Crippen LogP contribution >= 0.6 is 0 Å². The summed E-state index contributed by atoms with van der Waals surface area (Å²) in [6.07, 6.45) is 0. The molecular formula is C10H11N3O2. The quantitative estimate of drug-likeness (QED) is 0.745. The molecule has 0 aliphatic heterocycles. The third-order valence-corrected chi connectivity index (χ3v) is 2.24. The first-order chi connectivity index (χ1) is 7.18. The molecule has 1 aromatic heterocycles. The van der Waals surface area contributed by atoms with Gasteiger partial charge in [-0.25, -0.2) is 23.9 Å². The molecule has 0 aliphatic carbocycles. The number of benzene rings is 1. The van der Waals surface area contributed by atoms with E-state index < -0.39 is 5.69 Å². The molecule has 5 heteroatoms.